The van der Waals surface area contributed by atoms with Crippen LogP contribution in [0.4, 0.5) is 5.69 Å². The lowest BCUT2D eigenvalue weighted by atomic mass is 9.74. The van der Waals surface area contributed by atoms with Crippen LogP contribution in [-0.4, -0.2) is 10.7 Å². The van der Waals surface area contributed by atoms with Crippen LogP contribution < -0.4 is 5.73 Å². The van der Waals surface area contributed by atoms with Crippen LogP contribution in [0.25, 0.3) is 0 Å². The molecule has 1 aliphatic heterocycles. The molecule has 2 aromatic rings. The van der Waals surface area contributed by atoms with Crippen molar-refractivity contribution in [1.29, 1.82) is 5.26 Å². The number of ketones is 1. The molecule has 0 saturated carbocycles. The maximum Gasteiger partial charge on any atom is 0.269 e. The summed E-state index contributed by atoms with van der Waals surface area (Å²) < 4.78 is 11.1. The molecule has 140 valence electrons. The van der Waals surface area contributed by atoms with Gasteiger partial charge in [0, 0.05) is 36.5 Å². The highest BCUT2D eigenvalue weighted by Crippen LogP contribution is 2.46. The summed E-state index contributed by atoms with van der Waals surface area (Å²) in [6.45, 7) is 0. The molecule has 8 nitrogen and oxygen atoms in total. The first kappa shape index (κ1) is 17.5. The van der Waals surface area contributed by atoms with Crippen LogP contribution in [0, 0.1) is 21.4 Å². The molecule has 1 aromatic heterocycles. The summed E-state index contributed by atoms with van der Waals surface area (Å²) >= 11 is 0. The van der Waals surface area contributed by atoms with Crippen molar-refractivity contribution in [3.8, 4) is 6.07 Å². The fourth-order valence-electron chi connectivity index (χ4n) is 3.75. The Morgan fingerprint density at radius 2 is 1.96 bits per heavy atom. The van der Waals surface area contributed by atoms with E-state index in [1.807, 2.05) is 6.07 Å². The van der Waals surface area contributed by atoms with E-state index < -0.39 is 10.8 Å². The Morgan fingerprint density at radius 1 is 1.21 bits per heavy atom. The van der Waals surface area contributed by atoms with Gasteiger partial charge in [0.05, 0.1) is 17.1 Å². The summed E-state index contributed by atoms with van der Waals surface area (Å²) in [6, 6.07) is 11.3. The molecule has 8 heteroatoms. The van der Waals surface area contributed by atoms with E-state index in [0.717, 1.165) is 0 Å². The molecule has 2 heterocycles. The zero-order valence-electron chi connectivity index (χ0n) is 14.6. The smallest absolute Gasteiger partial charge is 0.269 e. The number of furan rings is 1. The molecule has 2 N–H and O–H groups in total. The number of ether oxygens (including phenoxy) is 1. The Balaban J connectivity index is 1.78. The second-order valence-corrected chi connectivity index (χ2v) is 6.65. The van der Waals surface area contributed by atoms with Gasteiger partial charge >= 0.3 is 0 Å². The summed E-state index contributed by atoms with van der Waals surface area (Å²) in [7, 11) is 0. The predicted octanol–water partition coefficient (Wildman–Crippen LogP) is 3.40. The van der Waals surface area contributed by atoms with Crippen molar-refractivity contribution >= 4 is 11.5 Å². The SMILES string of the molecule is N#CC1=C(N)OC2=C(C(=O)C[C@@H](c3ccco3)C2)[C@@H]1c1ccc([N+](=O)[O-])cc1. The minimum Gasteiger partial charge on any atom is -0.469 e. The summed E-state index contributed by atoms with van der Waals surface area (Å²) in [5.74, 6) is 0.0000666. The molecule has 1 aliphatic carbocycles. The minimum atomic E-state index is -0.709. The highest BCUT2D eigenvalue weighted by atomic mass is 16.6. The van der Waals surface area contributed by atoms with Crippen molar-refractivity contribution in [2.75, 3.05) is 0 Å². The molecule has 28 heavy (non-hydrogen) atoms. The number of rotatable bonds is 3. The van der Waals surface area contributed by atoms with Crippen LogP contribution >= 0.6 is 0 Å². The number of nitrogens with zero attached hydrogens (tertiary/aromatic N) is 2. The third-order valence-electron chi connectivity index (χ3n) is 5.04. The van der Waals surface area contributed by atoms with E-state index in [4.69, 9.17) is 14.9 Å². The molecular weight excluding hydrogens is 362 g/mol. The maximum atomic E-state index is 13.0. The van der Waals surface area contributed by atoms with Crippen molar-refractivity contribution in [2.24, 2.45) is 5.73 Å². The normalized spacial score (nSPS) is 21.8. The molecule has 1 aromatic carbocycles. The van der Waals surface area contributed by atoms with Gasteiger partial charge in [-0.3, -0.25) is 14.9 Å². The van der Waals surface area contributed by atoms with Gasteiger partial charge in [-0.1, -0.05) is 12.1 Å². The molecule has 4 rings (SSSR count). The van der Waals surface area contributed by atoms with Crippen LogP contribution in [-0.2, 0) is 9.53 Å². The number of carbonyl (C=O) groups excluding carboxylic acids is 1. The Labute approximate surface area is 159 Å². The number of carbonyl (C=O) groups is 1. The number of nitro groups is 1. The van der Waals surface area contributed by atoms with Gasteiger partial charge in [0.1, 0.15) is 23.2 Å². The second kappa shape index (κ2) is 6.70. The number of nitro benzene ring substituents is 1. The summed E-state index contributed by atoms with van der Waals surface area (Å²) in [6.07, 6.45) is 2.18. The number of Topliss-reactive ketones (excluding diaryl/α,β-unsaturated/α-hetero) is 1. The highest BCUT2D eigenvalue weighted by molar-refractivity contribution is 6.00. The van der Waals surface area contributed by atoms with Crippen molar-refractivity contribution in [2.45, 2.75) is 24.7 Å². The molecule has 0 unspecified atom stereocenters. The number of hydrogen-bond acceptors (Lipinski definition) is 7. The van der Waals surface area contributed by atoms with Crippen molar-refractivity contribution in [3.63, 3.8) is 0 Å². The quantitative estimate of drug-likeness (QED) is 0.640. The lowest BCUT2D eigenvalue weighted by molar-refractivity contribution is -0.384. The predicted molar refractivity (Wildman–Crippen MR) is 96.5 cm³/mol. The highest BCUT2D eigenvalue weighted by Gasteiger charge is 2.41. The van der Waals surface area contributed by atoms with Gasteiger partial charge in [-0.25, -0.2) is 0 Å². The van der Waals surface area contributed by atoms with Crippen LogP contribution in [0.1, 0.15) is 36.0 Å². The van der Waals surface area contributed by atoms with Gasteiger partial charge in [-0.05, 0) is 17.7 Å². The molecule has 0 saturated heterocycles. The fraction of sp³-hybridized carbons (Fsp3) is 0.200. The van der Waals surface area contributed by atoms with E-state index in [-0.39, 0.29) is 35.3 Å². The lowest BCUT2D eigenvalue weighted by Crippen LogP contribution is -2.29. The Kier molecular flexibility index (Phi) is 4.20. The second-order valence-electron chi connectivity index (χ2n) is 6.65. The largest absolute Gasteiger partial charge is 0.469 e. The summed E-state index contributed by atoms with van der Waals surface area (Å²) in [4.78, 5) is 23.4. The van der Waals surface area contributed by atoms with Crippen LogP contribution in [0.3, 0.4) is 0 Å². The Hall–Kier alpha value is -3.86. The van der Waals surface area contributed by atoms with Gasteiger partial charge in [0.2, 0.25) is 5.88 Å². The zero-order chi connectivity index (χ0) is 19.8. The van der Waals surface area contributed by atoms with Crippen LogP contribution in [0.15, 0.2) is 69.9 Å². The molecule has 0 fully saturated rings. The maximum absolute atomic E-state index is 13.0. The molecule has 2 atom stereocenters. The zero-order valence-corrected chi connectivity index (χ0v) is 14.6. The number of nitriles is 1. The van der Waals surface area contributed by atoms with E-state index in [1.54, 1.807) is 18.4 Å². The molecule has 2 aliphatic rings. The minimum absolute atomic E-state index is 0.0579. The first-order valence-corrected chi connectivity index (χ1v) is 8.61. The summed E-state index contributed by atoms with van der Waals surface area (Å²) in [5, 5.41) is 20.5. The molecule has 0 amide bonds. The number of allylic oxidation sites excluding steroid dienone is 3. The average molecular weight is 377 g/mol. The van der Waals surface area contributed by atoms with Crippen molar-refractivity contribution in [1.82, 2.24) is 0 Å². The summed E-state index contributed by atoms with van der Waals surface area (Å²) in [5.41, 5.74) is 6.97. The topological polar surface area (TPSA) is 132 Å². The standard InChI is InChI=1S/C20H15N3O5/c21-10-14-18(11-3-5-13(6-4-11)23(25)26)19-15(24)8-12(16-2-1-7-27-16)9-17(19)28-20(14)22/h1-7,12,18H,8-9,22H2/t12-,18-/m1/s1. The lowest BCUT2D eigenvalue weighted by Gasteiger charge is -2.33. The van der Waals surface area contributed by atoms with Gasteiger partial charge < -0.3 is 14.9 Å². The number of benzene rings is 1. The molecular formula is C20H15N3O5. The van der Waals surface area contributed by atoms with E-state index in [0.29, 0.717) is 29.1 Å². The van der Waals surface area contributed by atoms with E-state index in [9.17, 15) is 20.2 Å². The first-order chi connectivity index (χ1) is 13.5. The van der Waals surface area contributed by atoms with Crippen molar-refractivity contribution < 1.29 is 18.9 Å². The monoisotopic (exact) mass is 377 g/mol. The number of nitrogens with two attached hydrogens (primary N) is 1. The van der Waals surface area contributed by atoms with E-state index in [2.05, 4.69) is 0 Å². The first-order valence-electron chi connectivity index (χ1n) is 8.61. The molecule has 0 spiro atoms. The molecule has 0 radical (unpaired) electrons. The number of hydrogen-bond donors (Lipinski definition) is 1. The van der Waals surface area contributed by atoms with Crippen LogP contribution in [0.2, 0.25) is 0 Å². The van der Waals surface area contributed by atoms with Crippen molar-refractivity contribution in [3.05, 3.63) is 86.9 Å². The van der Waals surface area contributed by atoms with Gasteiger partial charge in [-0.2, -0.15) is 5.26 Å². The van der Waals surface area contributed by atoms with Gasteiger partial charge in [-0.15, -0.1) is 0 Å². The fourth-order valence-corrected chi connectivity index (χ4v) is 3.75. The van der Waals surface area contributed by atoms with Crippen LogP contribution in [0.5, 0.6) is 0 Å². The Morgan fingerprint density at radius 3 is 2.57 bits per heavy atom. The number of non-ortho nitro benzene ring substituents is 1. The van der Waals surface area contributed by atoms with E-state index >= 15 is 0 Å². The third kappa shape index (κ3) is 2.83. The Bertz CT molecular complexity index is 1060. The average Bonchev–Trinajstić information content (AvgIpc) is 3.21. The molecule has 0 bridgehead atoms. The van der Waals surface area contributed by atoms with Gasteiger partial charge in [0.15, 0.2) is 5.78 Å². The third-order valence-corrected chi connectivity index (χ3v) is 5.04. The van der Waals surface area contributed by atoms with Gasteiger partial charge in [0.25, 0.3) is 5.69 Å². The van der Waals surface area contributed by atoms with E-state index in [1.165, 1.54) is 24.3 Å².